The smallest absolute Gasteiger partial charge is 0.261 e. The van der Waals surface area contributed by atoms with Crippen molar-refractivity contribution in [2.45, 2.75) is 25.2 Å². The normalized spacial score (nSPS) is 13.8. The number of rotatable bonds is 4. The van der Waals surface area contributed by atoms with Crippen molar-refractivity contribution in [3.8, 4) is 5.75 Å². The van der Waals surface area contributed by atoms with Crippen molar-refractivity contribution in [3.63, 3.8) is 0 Å². The van der Waals surface area contributed by atoms with Crippen LogP contribution in [0.25, 0.3) is 0 Å². The average molecular weight is 360 g/mol. The first kappa shape index (κ1) is 17.3. The molecule has 1 aliphatic heterocycles. The highest BCUT2D eigenvalue weighted by atomic mass is 32.2. The van der Waals surface area contributed by atoms with E-state index >= 15 is 0 Å². The fourth-order valence-corrected chi connectivity index (χ4v) is 4.30. The number of aryl methyl sites for hydroxylation is 2. The zero-order chi connectivity index (χ0) is 18.2. The van der Waals surface area contributed by atoms with Crippen molar-refractivity contribution in [2.24, 2.45) is 0 Å². The summed E-state index contributed by atoms with van der Waals surface area (Å²) in [6.07, 6.45) is 0.741. The van der Waals surface area contributed by atoms with Crippen LogP contribution in [0.2, 0.25) is 0 Å². The molecule has 7 heteroatoms. The third-order valence-electron chi connectivity index (χ3n) is 4.23. The van der Waals surface area contributed by atoms with E-state index in [4.69, 9.17) is 4.74 Å². The van der Waals surface area contributed by atoms with E-state index in [1.807, 2.05) is 0 Å². The molecule has 25 heavy (non-hydrogen) atoms. The summed E-state index contributed by atoms with van der Waals surface area (Å²) in [7, 11) is -2.21. The molecule has 0 radical (unpaired) electrons. The van der Waals surface area contributed by atoms with Gasteiger partial charge in [0.05, 0.1) is 12.0 Å². The molecule has 2 aromatic carbocycles. The van der Waals surface area contributed by atoms with Crippen LogP contribution in [0.4, 0.5) is 5.69 Å². The minimum atomic E-state index is -3.76. The molecule has 1 heterocycles. The van der Waals surface area contributed by atoms with Gasteiger partial charge in [0.2, 0.25) is 0 Å². The standard InChI is InChI=1S/C18H20N2O4S/c1-11-8-15(9-12(2)17(11)24-3)25(22,23)20-14-5-4-13-6-7-19-18(21)16(13)10-14/h4-5,8-10,20H,6-7H2,1-3H3,(H,19,21). The second-order valence-corrected chi connectivity index (χ2v) is 7.76. The SMILES string of the molecule is COc1c(C)cc(S(=O)(=O)Nc2ccc3c(c2)C(=O)NCC3)cc1C. The van der Waals surface area contributed by atoms with Crippen molar-refractivity contribution >= 4 is 21.6 Å². The molecule has 0 atom stereocenters. The van der Waals surface area contributed by atoms with Crippen LogP contribution in [0.3, 0.4) is 0 Å². The number of sulfonamides is 1. The van der Waals surface area contributed by atoms with Gasteiger partial charge in [0.15, 0.2) is 0 Å². The van der Waals surface area contributed by atoms with Crippen LogP contribution in [-0.4, -0.2) is 28.0 Å². The number of hydrogen-bond acceptors (Lipinski definition) is 4. The van der Waals surface area contributed by atoms with E-state index in [1.54, 1.807) is 51.3 Å². The zero-order valence-corrected chi connectivity index (χ0v) is 15.2. The van der Waals surface area contributed by atoms with Gasteiger partial charge >= 0.3 is 0 Å². The Bertz CT molecular complexity index is 929. The molecular weight excluding hydrogens is 340 g/mol. The Labute approximate surface area is 147 Å². The first-order valence-corrected chi connectivity index (χ1v) is 9.39. The summed E-state index contributed by atoms with van der Waals surface area (Å²) in [5.74, 6) is 0.489. The van der Waals surface area contributed by atoms with Gasteiger partial charge in [-0.1, -0.05) is 6.07 Å². The number of carbonyl (C=O) groups excluding carboxylic acids is 1. The Balaban J connectivity index is 1.95. The zero-order valence-electron chi connectivity index (χ0n) is 14.3. The van der Waals surface area contributed by atoms with Crippen LogP contribution in [0.1, 0.15) is 27.0 Å². The lowest BCUT2D eigenvalue weighted by molar-refractivity contribution is 0.0946. The molecule has 0 aliphatic carbocycles. The van der Waals surface area contributed by atoms with E-state index in [9.17, 15) is 13.2 Å². The molecule has 0 bridgehead atoms. The van der Waals surface area contributed by atoms with Gasteiger partial charge in [-0.05, 0) is 61.2 Å². The molecule has 2 N–H and O–H groups in total. The van der Waals surface area contributed by atoms with E-state index in [0.717, 1.165) is 23.1 Å². The first-order chi connectivity index (χ1) is 11.8. The van der Waals surface area contributed by atoms with Crippen LogP contribution in [0.5, 0.6) is 5.75 Å². The topological polar surface area (TPSA) is 84.5 Å². The summed E-state index contributed by atoms with van der Waals surface area (Å²) >= 11 is 0. The molecule has 0 saturated carbocycles. The van der Waals surface area contributed by atoms with E-state index in [1.165, 1.54) is 0 Å². The lowest BCUT2D eigenvalue weighted by Crippen LogP contribution is -2.31. The minimum Gasteiger partial charge on any atom is -0.496 e. The molecule has 0 saturated heterocycles. The molecule has 0 spiro atoms. The highest BCUT2D eigenvalue weighted by Crippen LogP contribution is 2.28. The van der Waals surface area contributed by atoms with Crippen molar-refractivity contribution in [1.29, 1.82) is 0 Å². The van der Waals surface area contributed by atoms with Crippen LogP contribution in [-0.2, 0) is 16.4 Å². The minimum absolute atomic E-state index is 0.158. The monoisotopic (exact) mass is 360 g/mol. The maximum Gasteiger partial charge on any atom is 0.261 e. The van der Waals surface area contributed by atoms with E-state index in [0.29, 0.717) is 23.5 Å². The molecule has 0 unspecified atom stereocenters. The van der Waals surface area contributed by atoms with Gasteiger partial charge in [0, 0.05) is 17.8 Å². The van der Waals surface area contributed by atoms with Crippen molar-refractivity contribution in [3.05, 3.63) is 52.6 Å². The van der Waals surface area contributed by atoms with Gasteiger partial charge in [-0.15, -0.1) is 0 Å². The highest BCUT2D eigenvalue weighted by molar-refractivity contribution is 7.92. The van der Waals surface area contributed by atoms with Gasteiger partial charge in [-0.2, -0.15) is 0 Å². The Morgan fingerprint density at radius 3 is 2.44 bits per heavy atom. The number of carbonyl (C=O) groups is 1. The Hall–Kier alpha value is -2.54. The Morgan fingerprint density at radius 2 is 1.80 bits per heavy atom. The predicted octanol–water partition coefficient (Wildman–Crippen LogP) is 2.40. The van der Waals surface area contributed by atoms with Gasteiger partial charge in [0.1, 0.15) is 5.75 Å². The number of nitrogens with one attached hydrogen (secondary N) is 2. The molecule has 1 amide bonds. The molecule has 0 fully saturated rings. The molecule has 6 nitrogen and oxygen atoms in total. The van der Waals surface area contributed by atoms with E-state index in [-0.39, 0.29) is 10.8 Å². The Kier molecular flexibility index (Phi) is 4.43. The summed E-state index contributed by atoms with van der Waals surface area (Å²) in [5.41, 5.74) is 3.28. The summed E-state index contributed by atoms with van der Waals surface area (Å²) in [6, 6.07) is 8.18. The first-order valence-electron chi connectivity index (χ1n) is 7.91. The van der Waals surface area contributed by atoms with Gasteiger partial charge in [-0.25, -0.2) is 8.42 Å². The molecular formula is C18H20N2O4S. The lowest BCUT2D eigenvalue weighted by Gasteiger charge is -2.18. The number of anilines is 1. The molecule has 2 aromatic rings. The summed E-state index contributed by atoms with van der Waals surface area (Å²) in [5, 5.41) is 2.76. The van der Waals surface area contributed by atoms with Gasteiger partial charge in [0.25, 0.3) is 15.9 Å². The molecule has 132 valence electrons. The maximum atomic E-state index is 12.7. The highest BCUT2D eigenvalue weighted by Gasteiger charge is 2.20. The number of amides is 1. The second-order valence-electron chi connectivity index (χ2n) is 6.07. The fraction of sp³-hybridized carbons (Fsp3) is 0.278. The number of hydrogen-bond donors (Lipinski definition) is 2. The fourth-order valence-electron chi connectivity index (χ4n) is 3.08. The summed E-state index contributed by atoms with van der Waals surface area (Å²) in [6.45, 7) is 4.20. The predicted molar refractivity (Wildman–Crippen MR) is 95.8 cm³/mol. The lowest BCUT2D eigenvalue weighted by atomic mass is 10.00. The summed E-state index contributed by atoms with van der Waals surface area (Å²) in [4.78, 5) is 12.1. The molecule has 0 aromatic heterocycles. The number of fused-ring (bicyclic) bond motifs is 1. The largest absolute Gasteiger partial charge is 0.496 e. The molecule has 1 aliphatic rings. The van der Waals surface area contributed by atoms with Crippen LogP contribution < -0.4 is 14.8 Å². The number of ether oxygens (including phenoxy) is 1. The van der Waals surface area contributed by atoms with Crippen molar-refractivity contribution < 1.29 is 17.9 Å². The van der Waals surface area contributed by atoms with E-state index in [2.05, 4.69) is 10.0 Å². The van der Waals surface area contributed by atoms with Gasteiger partial charge in [-0.3, -0.25) is 9.52 Å². The molecule has 3 rings (SSSR count). The van der Waals surface area contributed by atoms with Crippen molar-refractivity contribution in [1.82, 2.24) is 5.32 Å². The van der Waals surface area contributed by atoms with E-state index < -0.39 is 10.0 Å². The van der Waals surface area contributed by atoms with Crippen molar-refractivity contribution in [2.75, 3.05) is 18.4 Å². The maximum absolute atomic E-state index is 12.7. The number of benzene rings is 2. The third kappa shape index (κ3) is 3.32. The third-order valence-corrected chi connectivity index (χ3v) is 5.60. The van der Waals surface area contributed by atoms with Crippen LogP contribution in [0, 0.1) is 13.8 Å². The second kappa shape index (κ2) is 6.40. The Morgan fingerprint density at radius 1 is 1.12 bits per heavy atom. The summed E-state index contributed by atoms with van der Waals surface area (Å²) < 4.78 is 33.2. The average Bonchev–Trinajstić information content (AvgIpc) is 2.55. The van der Waals surface area contributed by atoms with Gasteiger partial charge < -0.3 is 10.1 Å². The quantitative estimate of drug-likeness (QED) is 0.877. The van der Waals surface area contributed by atoms with Crippen LogP contribution in [0.15, 0.2) is 35.2 Å². The number of methoxy groups -OCH3 is 1. The van der Waals surface area contributed by atoms with Crippen LogP contribution >= 0.6 is 0 Å².